The first-order valence-corrected chi connectivity index (χ1v) is 4.13. The molecule has 0 saturated carbocycles. The van der Waals surface area contributed by atoms with E-state index in [1.165, 1.54) is 13.1 Å². The van der Waals surface area contributed by atoms with Crippen LogP contribution in [-0.4, -0.2) is 9.55 Å². The van der Waals surface area contributed by atoms with Crippen molar-refractivity contribution < 1.29 is 0 Å². The van der Waals surface area contributed by atoms with Gasteiger partial charge < -0.3 is 4.98 Å². The molecule has 72 valence electrons. The molecule has 0 radical (unpaired) electrons. The van der Waals surface area contributed by atoms with Gasteiger partial charge in [-0.3, -0.25) is 9.36 Å². The van der Waals surface area contributed by atoms with Crippen LogP contribution in [0.4, 0.5) is 0 Å². The Balaban J connectivity index is 3.47. The fourth-order valence-electron chi connectivity index (χ4n) is 0.960. The van der Waals surface area contributed by atoms with E-state index in [1.807, 2.05) is 20.8 Å². The second-order valence-corrected chi connectivity index (χ2v) is 4.14. The topological polar surface area (TPSA) is 54.9 Å². The van der Waals surface area contributed by atoms with E-state index in [2.05, 4.69) is 4.98 Å². The average Bonchev–Trinajstić information content (AvgIpc) is 1.97. The van der Waals surface area contributed by atoms with Crippen molar-refractivity contribution in [2.75, 3.05) is 0 Å². The zero-order valence-corrected chi connectivity index (χ0v) is 8.34. The number of hydrogen-bond acceptors (Lipinski definition) is 2. The van der Waals surface area contributed by atoms with Crippen molar-refractivity contribution in [3.05, 3.63) is 32.6 Å². The van der Waals surface area contributed by atoms with Crippen LogP contribution >= 0.6 is 0 Å². The van der Waals surface area contributed by atoms with Crippen LogP contribution in [0.2, 0.25) is 0 Å². The highest BCUT2D eigenvalue weighted by atomic mass is 16.2. The largest absolute Gasteiger partial charge is 0.328 e. The molecule has 0 aliphatic carbocycles. The van der Waals surface area contributed by atoms with Gasteiger partial charge >= 0.3 is 5.69 Å². The lowest BCUT2D eigenvalue weighted by Crippen LogP contribution is -2.35. The van der Waals surface area contributed by atoms with Crippen molar-refractivity contribution in [1.82, 2.24) is 9.55 Å². The van der Waals surface area contributed by atoms with Gasteiger partial charge in [0.15, 0.2) is 0 Å². The number of aromatic amines is 1. The molecule has 1 aromatic rings. The molecule has 0 aliphatic heterocycles. The number of nitrogens with zero attached hydrogens (tertiary/aromatic N) is 1. The number of aromatic nitrogens is 2. The summed E-state index contributed by atoms with van der Waals surface area (Å²) in [5.41, 5.74) is -0.168. The molecule has 0 spiro atoms. The van der Waals surface area contributed by atoms with Gasteiger partial charge in [-0.15, -0.1) is 0 Å². The zero-order chi connectivity index (χ0) is 10.2. The highest BCUT2D eigenvalue weighted by Gasteiger charge is 2.15. The standard InChI is InChI=1S/C9H14N2O2/c1-9(2,3)6-5-7(12)11(4)8(13)10-6/h5H,1-4H3,(H,10,13). The molecule has 0 saturated heterocycles. The Labute approximate surface area is 76.2 Å². The van der Waals surface area contributed by atoms with Gasteiger partial charge in [-0.2, -0.15) is 0 Å². The van der Waals surface area contributed by atoms with Gasteiger partial charge in [0.2, 0.25) is 0 Å². The minimum atomic E-state index is -0.363. The van der Waals surface area contributed by atoms with Crippen molar-refractivity contribution in [3.8, 4) is 0 Å². The van der Waals surface area contributed by atoms with Crippen LogP contribution < -0.4 is 11.2 Å². The van der Waals surface area contributed by atoms with Crippen LogP contribution in [0.25, 0.3) is 0 Å². The van der Waals surface area contributed by atoms with E-state index < -0.39 is 0 Å². The van der Waals surface area contributed by atoms with Gasteiger partial charge in [0.05, 0.1) is 0 Å². The Morgan fingerprint density at radius 3 is 2.23 bits per heavy atom. The fourth-order valence-corrected chi connectivity index (χ4v) is 0.960. The molecule has 0 atom stereocenters. The summed E-state index contributed by atoms with van der Waals surface area (Å²) < 4.78 is 1.05. The Hall–Kier alpha value is -1.32. The van der Waals surface area contributed by atoms with Crippen molar-refractivity contribution in [1.29, 1.82) is 0 Å². The number of hydrogen-bond donors (Lipinski definition) is 1. The van der Waals surface area contributed by atoms with Crippen molar-refractivity contribution in [2.45, 2.75) is 26.2 Å². The smallest absolute Gasteiger partial charge is 0.311 e. The summed E-state index contributed by atoms with van der Waals surface area (Å²) in [6.45, 7) is 5.83. The third-order valence-electron chi connectivity index (χ3n) is 1.95. The highest BCUT2D eigenvalue weighted by Crippen LogP contribution is 2.16. The van der Waals surface area contributed by atoms with Crippen molar-refractivity contribution in [2.24, 2.45) is 7.05 Å². The molecule has 1 rings (SSSR count). The third-order valence-corrected chi connectivity index (χ3v) is 1.95. The molecule has 1 heterocycles. The maximum absolute atomic E-state index is 11.3. The minimum Gasteiger partial charge on any atom is -0.311 e. The zero-order valence-electron chi connectivity index (χ0n) is 8.34. The Morgan fingerprint density at radius 2 is 1.85 bits per heavy atom. The molecule has 0 unspecified atom stereocenters. The lowest BCUT2D eigenvalue weighted by molar-refractivity contribution is 0.554. The molecule has 1 aromatic heterocycles. The lowest BCUT2D eigenvalue weighted by atomic mass is 9.92. The molecule has 0 bridgehead atoms. The molecule has 1 N–H and O–H groups in total. The van der Waals surface area contributed by atoms with Gasteiger partial charge in [0.25, 0.3) is 5.56 Å². The van der Waals surface area contributed by atoms with Crippen LogP contribution in [0.5, 0.6) is 0 Å². The fraction of sp³-hybridized carbons (Fsp3) is 0.556. The van der Waals surface area contributed by atoms with Crippen molar-refractivity contribution >= 4 is 0 Å². The van der Waals surface area contributed by atoms with Gasteiger partial charge in [-0.25, -0.2) is 4.79 Å². The van der Waals surface area contributed by atoms with E-state index >= 15 is 0 Å². The molecular weight excluding hydrogens is 168 g/mol. The molecule has 4 heteroatoms. The number of nitrogens with one attached hydrogen (secondary N) is 1. The highest BCUT2D eigenvalue weighted by molar-refractivity contribution is 5.10. The Kier molecular flexibility index (Phi) is 2.15. The number of H-pyrrole nitrogens is 1. The molecule has 13 heavy (non-hydrogen) atoms. The predicted molar refractivity (Wildman–Crippen MR) is 51.0 cm³/mol. The molecule has 0 fully saturated rings. The predicted octanol–water partition coefficient (Wildman–Crippen LogP) is 0.371. The monoisotopic (exact) mass is 182 g/mol. The summed E-state index contributed by atoms with van der Waals surface area (Å²) in [4.78, 5) is 25.1. The quantitative estimate of drug-likeness (QED) is 0.630. The Morgan fingerprint density at radius 1 is 1.31 bits per heavy atom. The summed E-state index contributed by atoms with van der Waals surface area (Å²) in [5, 5.41) is 0. The molecular formula is C9H14N2O2. The first kappa shape index (κ1) is 9.77. The summed E-state index contributed by atoms with van der Waals surface area (Å²) in [6, 6.07) is 1.46. The summed E-state index contributed by atoms with van der Waals surface area (Å²) in [6.07, 6.45) is 0. The first-order chi connectivity index (χ1) is 5.82. The SMILES string of the molecule is Cn1c(=O)cc(C(C)(C)C)[nH]c1=O. The van der Waals surface area contributed by atoms with Gasteiger partial charge in [0, 0.05) is 24.2 Å². The summed E-state index contributed by atoms with van der Waals surface area (Å²) in [7, 11) is 1.45. The molecule has 0 aromatic carbocycles. The summed E-state index contributed by atoms with van der Waals surface area (Å²) >= 11 is 0. The number of rotatable bonds is 0. The molecule has 0 amide bonds. The van der Waals surface area contributed by atoms with Crippen molar-refractivity contribution in [3.63, 3.8) is 0 Å². The van der Waals surface area contributed by atoms with E-state index in [1.54, 1.807) is 0 Å². The van der Waals surface area contributed by atoms with E-state index in [0.717, 1.165) is 4.57 Å². The van der Waals surface area contributed by atoms with Crippen LogP contribution in [0.15, 0.2) is 15.7 Å². The second kappa shape index (κ2) is 2.87. The first-order valence-electron chi connectivity index (χ1n) is 4.13. The molecule has 4 nitrogen and oxygen atoms in total. The van der Waals surface area contributed by atoms with E-state index in [0.29, 0.717) is 5.69 Å². The van der Waals surface area contributed by atoms with E-state index in [-0.39, 0.29) is 16.7 Å². The van der Waals surface area contributed by atoms with Gasteiger partial charge in [0.1, 0.15) is 0 Å². The third kappa shape index (κ3) is 1.88. The second-order valence-electron chi connectivity index (χ2n) is 4.14. The van der Waals surface area contributed by atoms with Crippen LogP contribution in [0.1, 0.15) is 26.5 Å². The van der Waals surface area contributed by atoms with Gasteiger partial charge in [-0.1, -0.05) is 20.8 Å². The van der Waals surface area contributed by atoms with Crippen LogP contribution in [0.3, 0.4) is 0 Å². The van der Waals surface area contributed by atoms with Crippen LogP contribution in [-0.2, 0) is 12.5 Å². The normalized spacial score (nSPS) is 11.7. The lowest BCUT2D eigenvalue weighted by Gasteiger charge is -2.17. The maximum Gasteiger partial charge on any atom is 0.328 e. The summed E-state index contributed by atoms with van der Waals surface area (Å²) in [5.74, 6) is 0. The van der Waals surface area contributed by atoms with E-state index in [9.17, 15) is 9.59 Å². The molecule has 0 aliphatic rings. The minimum absolute atomic E-state index is 0.202. The maximum atomic E-state index is 11.3. The Bertz CT molecular complexity index is 389. The average molecular weight is 182 g/mol. The van der Waals surface area contributed by atoms with E-state index in [4.69, 9.17) is 0 Å². The van der Waals surface area contributed by atoms with Gasteiger partial charge in [-0.05, 0) is 0 Å². The van der Waals surface area contributed by atoms with Crippen LogP contribution in [0, 0.1) is 0 Å².